The number of rotatable bonds is 3. The monoisotopic (exact) mass is 220 g/mol. The van der Waals surface area contributed by atoms with E-state index in [0.29, 0.717) is 11.7 Å². The summed E-state index contributed by atoms with van der Waals surface area (Å²) in [6, 6.07) is 0. The van der Waals surface area contributed by atoms with Gasteiger partial charge in [-0.15, -0.1) is 6.58 Å². The summed E-state index contributed by atoms with van der Waals surface area (Å²) in [6.45, 7) is 16.3. The van der Waals surface area contributed by atoms with E-state index < -0.39 is 0 Å². The van der Waals surface area contributed by atoms with Crippen molar-refractivity contribution in [3.8, 4) is 0 Å². The van der Waals surface area contributed by atoms with Gasteiger partial charge >= 0.3 is 0 Å². The third-order valence-electron chi connectivity index (χ3n) is 4.07. The first-order chi connectivity index (χ1) is 7.33. The standard InChI is InChI=1S/C15H24O/c1-7-15(6)9-8-12(10(2)3)14(16)13(15)11(4)5/h7,10,12-13H,1,4,8-9H2,2-3,5-6H3/t12-,13+,15-/m0/s1. The Labute approximate surface area is 99.6 Å². The Morgan fingerprint density at radius 1 is 1.56 bits per heavy atom. The molecule has 0 aromatic rings. The van der Waals surface area contributed by atoms with Gasteiger partial charge in [-0.2, -0.15) is 0 Å². The predicted molar refractivity (Wildman–Crippen MR) is 69.2 cm³/mol. The molecule has 1 fully saturated rings. The van der Waals surface area contributed by atoms with Crippen LogP contribution in [0.15, 0.2) is 24.8 Å². The van der Waals surface area contributed by atoms with Gasteiger partial charge in [0, 0.05) is 11.8 Å². The molecule has 0 saturated heterocycles. The van der Waals surface area contributed by atoms with Crippen molar-refractivity contribution >= 4 is 5.78 Å². The molecule has 0 unspecified atom stereocenters. The maximum atomic E-state index is 12.5. The highest BCUT2D eigenvalue weighted by Gasteiger charge is 2.45. The van der Waals surface area contributed by atoms with Crippen LogP contribution in [-0.4, -0.2) is 5.78 Å². The molecule has 1 rings (SSSR count). The molecule has 0 aliphatic heterocycles. The van der Waals surface area contributed by atoms with Crippen LogP contribution in [0.25, 0.3) is 0 Å². The van der Waals surface area contributed by atoms with Crippen molar-refractivity contribution in [1.82, 2.24) is 0 Å². The molecule has 3 atom stereocenters. The Kier molecular flexibility index (Phi) is 3.77. The number of hydrogen-bond acceptors (Lipinski definition) is 1. The average molecular weight is 220 g/mol. The molecule has 90 valence electrons. The highest BCUT2D eigenvalue weighted by Crippen LogP contribution is 2.46. The first-order valence-electron chi connectivity index (χ1n) is 6.16. The third kappa shape index (κ3) is 2.14. The summed E-state index contributed by atoms with van der Waals surface area (Å²) in [5.41, 5.74) is 0.895. The zero-order valence-corrected chi connectivity index (χ0v) is 11.0. The lowest BCUT2D eigenvalue weighted by Gasteiger charge is -2.43. The molecule has 0 N–H and O–H groups in total. The van der Waals surface area contributed by atoms with Gasteiger partial charge in [0.05, 0.1) is 0 Å². The normalized spacial score (nSPS) is 35.2. The molecular formula is C15H24O. The summed E-state index contributed by atoms with van der Waals surface area (Å²) >= 11 is 0. The SMILES string of the molecule is C=C[C@@]1(C)CC[C@@H](C(C)C)C(=O)[C@H]1C(=C)C. The topological polar surface area (TPSA) is 17.1 Å². The van der Waals surface area contributed by atoms with E-state index in [0.717, 1.165) is 18.4 Å². The second-order valence-corrected chi connectivity index (χ2v) is 5.78. The summed E-state index contributed by atoms with van der Waals surface area (Å²) in [5, 5.41) is 0. The summed E-state index contributed by atoms with van der Waals surface area (Å²) in [5.74, 6) is 0.973. The minimum Gasteiger partial charge on any atom is -0.299 e. The first kappa shape index (κ1) is 13.2. The highest BCUT2D eigenvalue weighted by atomic mass is 16.1. The lowest BCUT2D eigenvalue weighted by atomic mass is 9.60. The second kappa shape index (κ2) is 4.57. The summed E-state index contributed by atoms with van der Waals surface area (Å²) in [6.07, 6.45) is 3.98. The minimum atomic E-state index is -0.0890. The lowest BCUT2D eigenvalue weighted by molar-refractivity contribution is -0.133. The van der Waals surface area contributed by atoms with Gasteiger partial charge in [-0.3, -0.25) is 4.79 Å². The Bertz CT molecular complexity index is 313. The highest BCUT2D eigenvalue weighted by molar-refractivity contribution is 5.88. The molecule has 1 heteroatoms. The summed E-state index contributed by atoms with van der Waals surface area (Å²) < 4.78 is 0. The number of carbonyl (C=O) groups is 1. The third-order valence-corrected chi connectivity index (χ3v) is 4.07. The summed E-state index contributed by atoms with van der Waals surface area (Å²) in [7, 11) is 0. The predicted octanol–water partition coefficient (Wildman–Crippen LogP) is 4.01. The molecule has 0 aromatic heterocycles. The van der Waals surface area contributed by atoms with Crippen molar-refractivity contribution in [1.29, 1.82) is 0 Å². The van der Waals surface area contributed by atoms with Crippen molar-refractivity contribution in [2.75, 3.05) is 0 Å². The number of allylic oxidation sites excluding steroid dienone is 2. The zero-order chi connectivity index (χ0) is 12.5. The van der Waals surface area contributed by atoms with Crippen LogP contribution in [0.5, 0.6) is 0 Å². The van der Waals surface area contributed by atoms with Crippen molar-refractivity contribution in [2.24, 2.45) is 23.2 Å². The van der Waals surface area contributed by atoms with Gasteiger partial charge in [0.25, 0.3) is 0 Å². The molecule has 1 aliphatic carbocycles. The fourth-order valence-corrected chi connectivity index (χ4v) is 2.98. The molecule has 16 heavy (non-hydrogen) atoms. The van der Waals surface area contributed by atoms with E-state index in [1.165, 1.54) is 0 Å². The van der Waals surface area contributed by atoms with E-state index >= 15 is 0 Å². The molecule has 0 radical (unpaired) electrons. The quantitative estimate of drug-likeness (QED) is 0.657. The van der Waals surface area contributed by atoms with Gasteiger partial charge in [-0.05, 0) is 31.1 Å². The van der Waals surface area contributed by atoms with E-state index in [2.05, 4.69) is 33.9 Å². The van der Waals surface area contributed by atoms with Crippen LogP contribution in [0.2, 0.25) is 0 Å². The molecule has 0 heterocycles. The van der Waals surface area contributed by atoms with Gasteiger partial charge in [0.1, 0.15) is 5.78 Å². The van der Waals surface area contributed by atoms with Gasteiger partial charge < -0.3 is 0 Å². The number of ketones is 1. The van der Waals surface area contributed by atoms with E-state index in [-0.39, 0.29) is 17.3 Å². The Morgan fingerprint density at radius 2 is 2.12 bits per heavy atom. The van der Waals surface area contributed by atoms with Crippen LogP contribution in [0, 0.1) is 23.2 Å². The van der Waals surface area contributed by atoms with Crippen molar-refractivity contribution in [2.45, 2.75) is 40.5 Å². The van der Waals surface area contributed by atoms with Crippen LogP contribution in [0.1, 0.15) is 40.5 Å². The fraction of sp³-hybridized carbons (Fsp3) is 0.667. The maximum Gasteiger partial charge on any atom is 0.144 e. The second-order valence-electron chi connectivity index (χ2n) is 5.78. The van der Waals surface area contributed by atoms with Crippen LogP contribution >= 0.6 is 0 Å². The molecule has 1 aliphatic rings. The smallest absolute Gasteiger partial charge is 0.144 e. The van der Waals surface area contributed by atoms with Gasteiger partial charge in [0.2, 0.25) is 0 Å². The first-order valence-corrected chi connectivity index (χ1v) is 6.16. The average Bonchev–Trinajstić information content (AvgIpc) is 2.16. The lowest BCUT2D eigenvalue weighted by Crippen LogP contribution is -2.43. The van der Waals surface area contributed by atoms with Crippen LogP contribution in [0.3, 0.4) is 0 Å². The number of hydrogen-bond donors (Lipinski definition) is 0. The molecule has 0 bridgehead atoms. The molecular weight excluding hydrogens is 196 g/mol. The van der Waals surface area contributed by atoms with E-state index in [1.807, 2.05) is 13.0 Å². The van der Waals surface area contributed by atoms with Crippen LogP contribution in [-0.2, 0) is 4.79 Å². The molecule has 1 saturated carbocycles. The minimum absolute atomic E-state index is 0.0360. The molecule has 1 nitrogen and oxygen atoms in total. The molecule has 0 aromatic carbocycles. The number of Topliss-reactive ketones (excluding diaryl/α,β-unsaturated/α-hetero) is 1. The van der Waals surface area contributed by atoms with E-state index in [1.54, 1.807) is 0 Å². The Balaban J connectivity index is 3.06. The van der Waals surface area contributed by atoms with Gasteiger partial charge in [-0.25, -0.2) is 0 Å². The Hall–Kier alpha value is -0.850. The maximum absolute atomic E-state index is 12.5. The van der Waals surface area contributed by atoms with E-state index in [9.17, 15) is 4.79 Å². The fourth-order valence-electron chi connectivity index (χ4n) is 2.98. The zero-order valence-electron chi connectivity index (χ0n) is 11.0. The molecule has 0 amide bonds. The van der Waals surface area contributed by atoms with Crippen molar-refractivity contribution < 1.29 is 4.79 Å². The largest absolute Gasteiger partial charge is 0.299 e. The van der Waals surface area contributed by atoms with Crippen LogP contribution in [0.4, 0.5) is 0 Å². The van der Waals surface area contributed by atoms with Gasteiger partial charge in [0.15, 0.2) is 0 Å². The van der Waals surface area contributed by atoms with Crippen molar-refractivity contribution in [3.63, 3.8) is 0 Å². The summed E-state index contributed by atoms with van der Waals surface area (Å²) in [4.78, 5) is 12.5. The van der Waals surface area contributed by atoms with E-state index in [4.69, 9.17) is 0 Å². The molecule has 0 spiro atoms. The number of carbonyl (C=O) groups excluding carboxylic acids is 1. The van der Waals surface area contributed by atoms with Crippen LogP contribution < -0.4 is 0 Å². The van der Waals surface area contributed by atoms with Crippen molar-refractivity contribution in [3.05, 3.63) is 24.8 Å². The Morgan fingerprint density at radius 3 is 2.50 bits per heavy atom. The van der Waals surface area contributed by atoms with Gasteiger partial charge in [-0.1, -0.05) is 39.0 Å².